The molecular formula is C52H66FN3O11S. The number of rotatable bonds is 13. The molecule has 16 heteroatoms. The maximum Gasteiger partial charge on any atom is 0.307 e. The van der Waals surface area contributed by atoms with E-state index in [4.69, 9.17) is 28.7 Å². The minimum absolute atomic E-state index is 0.00822. The molecule has 2 saturated heterocycles. The third-order valence-electron chi connectivity index (χ3n) is 14.8. The molecule has 4 fully saturated rings. The number of benzene rings is 2. The summed E-state index contributed by atoms with van der Waals surface area (Å²) in [6, 6.07) is 13.9. The van der Waals surface area contributed by atoms with Crippen molar-refractivity contribution in [2.75, 3.05) is 33.5 Å². The van der Waals surface area contributed by atoms with Crippen molar-refractivity contribution in [3.63, 3.8) is 0 Å². The van der Waals surface area contributed by atoms with E-state index in [1.807, 2.05) is 82.3 Å². The van der Waals surface area contributed by atoms with E-state index >= 15 is 9.59 Å². The molecule has 3 aromatic rings. The average molecular weight is 960 g/mol. The molecule has 3 aliphatic heterocycles. The molecule has 8 rings (SSSR count). The van der Waals surface area contributed by atoms with Crippen LogP contribution in [-0.2, 0) is 38.7 Å². The van der Waals surface area contributed by atoms with Gasteiger partial charge in [0.15, 0.2) is 5.78 Å². The number of esters is 1. The lowest BCUT2D eigenvalue weighted by molar-refractivity contribution is -0.174. The van der Waals surface area contributed by atoms with Crippen LogP contribution in [0.5, 0.6) is 17.4 Å². The summed E-state index contributed by atoms with van der Waals surface area (Å²) in [7, 11) is -2.80. The number of fused-ring (bicyclic) bond motifs is 3. The number of nitrogens with zero attached hydrogens (tertiary/aromatic N) is 2. The number of ether oxygens (including phenoxy) is 5. The van der Waals surface area contributed by atoms with Gasteiger partial charge in [0.2, 0.25) is 27.7 Å². The molecule has 0 radical (unpaired) electrons. The number of Topliss-reactive ketones (excluding diaryl/α,β-unsaturated/α-hetero) is 1. The number of hydrogen-bond acceptors (Lipinski definition) is 12. The fraction of sp³-hybridized carbons (Fsp3) is 0.596. The minimum Gasteiger partial charge on any atom is -0.497 e. The van der Waals surface area contributed by atoms with Crippen molar-refractivity contribution in [2.24, 2.45) is 29.1 Å². The van der Waals surface area contributed by atoms with Crippen LogP contribution in [-0.4, -0.2) is 104 Å². The first-order chi connectivity index (χ1) is 32.4. The molecular weight excluding hydrogens is 894 g/mol. The van der Waals surface area contributed by atoms with Crippen molar-refractivity contribution >= 4 is 44.4 Å². The lowest BCUT2D eigenvalue weighted by Crippen LogP contribution is -2.48. The van der Waals surface area contributed by atoms with Gasteiger partial charge in [0.05, 0.1) is 55.9 Å². The Morgan fingerprint density at radius 1 is 1.03 bits per heavy atom. The third kappa shape index (κ3) is 10.6. The lowest BCUT2D eigenvalue weighted by Gasteiger charge is -2.35. The van der Waals surface area contributed by atoms with Gasteiger partial charge in [-0.05, 0) is 144 Å². The Balaban J connectivity index is 1.15. The van der Waals surface area contributed by atoms with E-state index in [0.717, 1.165) is 23.8 Å². The van der Waals surface area contributed by atoms with Gasteiger partial charge in [-0.15, -0.1) is 0 Å². The number of alkyl halides is 1. The zero-order valence-electron chi connectivity index (χ0n) is 40.1. The Bertz CT molecular complexity index is 2520. The summed E-state index contributed by atoms with van der Waals surface area (Å²) in [5.41, 5.74) is -0.866. The number of carbonyl (C=O) groups excluding carboxylic acids is 4. The molecule has 2 saturated carbocycles. The highest BCUT2D eigenvalue weighted by atomic mass is 32.2. The van der Waals surface area contributed by atoms with Gasteiger partial charge in [0, 0.05) is 30.4 Å². The molecule has 68 heavy (non-hydrogen) atoms. The fourth-order valence-corrected chi connectivity index (χ4v) is 11.9. The molecule has 2 aliphatic carbocycles. The third-order valence-corrected chi connectivity index (χ3v) is 16.9. The first-order valence-electron chi connectivity index (χ1n) is 24.2. The average Bonchev–Trinajstić information content (AvgIpc) is 4.21. The normalized spacial score (nSPS) is 30.0. The first kappa shape index (κ1) is 49.3. The maximum atomic E-state index is 15.3. The first-order valence-corrected chi connectivity index (χ1v) is 25.7. The second-order valence-corrected chi connectivity index (χ2v) is 22.7. The molecule has 1 aromatic heterocycles. The van der Waals surface area contributed by atoms with E-state index in [2.05, 4.69) is 11.6 Å². The van der Waals surface area contributed by atoms with Crippen molar-refractivity contribution < 1.29 is 55.7 Å². The predicted molar refractivity (Wildman–Crippen MR) is 253 cm³/mol. The summed E-state index contributed by atoms with van der Waals surface area (Å²) in [6.07, 6.45) is 6.33. The van der Waals surface area contributed by atoms with Crippen LogP contribution < -0.4 is 18.9 Å². The number of nitrogens with one attached hydrogen (secondary N) is 1. The SMILES string of the molecule is COc1ccc2c(O[C@@H]3C[C@H]4C(=O)C[C@]5(C(=O)NS(=O)(=O)C6(CF)CC6)C[C@H]5/C=C\CC[C@@H](C)C[C@@H](C)[C@H](CC(=O)O[C@]5(C)CCCOC5)C(=O)N4C3)nc(-c3ccc(OC(C)C)cc3)cc2c1. The van der Waals surface area contributed by atoms with E-state index in [1.165, 1.54) is 4.90 Å². The predicted octanol–water partition coefficient (Wildman–Crippen LogP) is 8.09. The number of ketones is 1. The highest BCUT2D eigenvalue weighted by Gasteiger charge is 2.63. The van der Waals surface area contributed by atoms with Gasteiger partial charge < -0.3 is 28.6 Å². The molecule has 14 nitrogen and oxygen atoms in total. The topological polar surface area (TPSA) is 177 Å². The zero-order valence-corrected chi connectivity index (χ0v) is 40.9. The number of allylic oxidation sites excluding steroid dienone is 2. The van der Waals surface area contributed by atoms with Crippen molar-refractivity contribution in [3.05, 3.63) is 60.7 Å². The molecule has 0 bridgehead atoms. The van der Waals surface area contributed by atoms with Crippen LogP contribution in [0.1, 0.15) is 105 Å². The van der Waals surface area contributed by atoms with E-state index < -0.39 is 80.0 Å². The summed E-state index contributed by atoms with van der Waals surface area (Å²) in [5.74, 6) is -2.08. The number of halogens is 1. The molecule has 8 atom stereocenters. The van der Waals surface area contributed by atoms with Crippen LogP contribution in [0.25, 0.3) is 22.0 Å². The number of pyridine rings is 1. The van der Waals surface area contributed by atoms with Gasteiger partial charge in [-0.2, -0.15) is 0 Å². The number of aromatic nitrogens is 1. The number of sulfonamides is 1. The molecule has 5 aliphatic rings. The Morgan fingerprint density at radius 2 is 1.78 bits per heavy atom. The summed E-state index contributed by atoms with van der Waals surface area (Å²) in [6.45, 7) is 9.48. The smallest absolute Gasteiger partial charge is 0.307 e. The highest BCUT2D eigenvalue weighted by Crippen LogP contribution is 2.58. The van der Waals surface area contributed by atoms with Crippen LogP contribution in [0.15, 0.2) is 60.7 Å². The number of hydrogen-bond donors (Lipinski definition) is 1. The van der Waals surface area contributed by atoms with E-state index in [-0.39, 0.29) is 75.5 Å². The van der Waals surface area contributed by atoms with Gasteiger partial charge in [0.25, 0.3) is 0 Å². The van der Waals surface area contributed by atoms with Crippen LogP contribution in [0.3, 0.4) is 0 Å². The molecule has 1 N–H and O–H groups in total. The monoisotopic (exact) mass is 959 g/mol. The van der Waals surface area contributed by atoms with Gasteiger partial charge in [-0.3, -0.25) is 23.9 Å². The van der Waals surface area contributed by atoms with E-state index in [9.17, 15) is 22.4 Å². The van der Waals surface area contributed by atoms with Crippen molar-refractivity contribution in [2.45, 2.75) is 134 Å². The Labute approximate surface area is 399 Å². The number of methoxy groups -OCH3 is 1. The minimum atomic E-state index is -4.38. The van der Waals surface area contributed by atoms with Crippen molar-refractivity contribution in [1.82, 2.24) is 14.6 Å². The molecule has 2 amide bonds. The number of amides is 2. The second kappa shape index (κ2) is 19.7. The summed E-state index contributed by atoms with van der Waals surface area (Å²) < 4.78 is 71.4. The maximum absolute atomic E-state index is 15.3. The zero-order chi connectivity index (χ0) is 48.6. The standard InChI is InChI=1S/C52H66FN3O11S/c1-32(2)65-38-14-12-35(13-15-38)43-24-36-23-39(63-6)16-17-41(36)47(54-43)66-40-25-44-45(57)28-52(49(60)55-68(61,62)51(30-53)19-20-51)27-37(52)11-8-7-10-33(3)22-34(4)42(48(59)56(44)29-40)26-46(58)67-50(5)18-9-21-64-31-50/h8,11-17,23-24,32-34,37,40,42,44H,7,9-10,18-22,25-31H2,1-6H3,(H,55,60)/b11-8-/t33-,34-,37-,40-,42+,44+,50-,52-/m1/s1. The van der Waals surface area contributed by atoms with Gasteiger partial charge in [-0.25, -0.2) is 17.8 Å². The largest absolute Gasteiger partial charge is 0.497 e. The molecule has 4 heterocycles. The summed E-state index contributed by atoms with van der Waals surface area (Å²) in [5, 5.41) is 1.45. The Morgan fingerprint density at radius 3 is 2.46 bits per heavy atom. The van der Waals surface area contributed by atoms with Crippen molar-refractivity contribution in [1.29, 1.82) is 0 Å². The summed E-state index contributed by atoms with van der Waals surface area (Å²) >= 11 is 0. The fourth-order valence-electron chi connectivity index (χ4n) is 10.4. The molecule has 2 aromatic carbocycles. The van der Waals surface area contributed by atoms with Gasteiger partial charge in [-0.1, -0.05) is 26.0 Å². The van der Waals surface area contributed by atoms with Crippen LogP contribution in [0.2, 0.25) is 0 Å². The van der Waals surface area contributed by atoms with E-state index in [1.54, 1.807) is 13.2 Å². The molecule has 0 spiro atoms. The molecule has 368 valence electrons. The highest BCUT2D eigenvalue weighted by molar-refractivity contribution is 7.91. The van der Waals surface area contributed by atoms with E-state index in [0.29, 0.717) is 48.4 Å². The summed E-state index contributed by atoms with van der Waals surface area (Å²) in [4.78, 5) is 65.0. The van der Waals surface area contributed by atoms with Crippen LogP contribution >= 0.6 is 0 Å². The quantitative estimate of drug-likeness (QED) is 0.129. The Kier molecular flexibility index (Phi) is 14.3. The van der Waals surface area contributed by atoms with Gasteiger partial charge in [0.1, 0.15) is 34.6 Å². The Hall–Kier alpha value is -5.09. The van der Waals surface area contributed by atoms with Gasteiger partial charge >= 0.3 is 5.97 Å². The van der Waals surface area contributed by atoms with Crippen LogP contribution in [0.4, 0.5) is 4.39 Å². The van der Waals surface area contributed by atoms with Crippen LogP contribution in [0, 0.1) is 29.1 Å². The number of carbonyl (C=O) groups is 4. The second-order valence-electron chi connectivity index (χ2n) is 20.6. The molecule has 0 unspecified atom stereocenters. The lowest BCUT2D eigenvalue weighted by atomic mass is 9.82. The van der Waals surface area contributed by atoms with Crippen molar-refractivity contribution in [3.8, 4) is 28.6 Å².